The monoisotopic (exact) mass is 326 g/mol. The number of hydrogen-bond acceptors (Lipinski definition) is 1. The number of aliphatic hydroxyl groups excluding tert-OH is 1. The Kier molecular flexibility index (Phi) is 8.21. The van der Waals surface area contributed by atoms with Gasteiger partial charge in [0, 0.05) is 5.92 Å². The second-order valence-electron chi connectivity index (χ2n) is 7.66. The van der Waals surface area contributed by atoms with Crippen molar-refractivity contribution in [3.05, 3.63) is 70.9 Å². The fraction of sp³-hybridized carbons (Fsp3) is 0.478. The van der Waals surface area contributed by atoms with Crippen molar-refractivity contribution in [2.24, 2.45) is 11.3 Å². The van der Waals surface area contributed by atoms with Crippen LogP contribution in [0.3, 0.4) is 0 Å². The molecule has 1 heteroatoms. The van der Waals surface area contributed by atoms with E-state index in [-0.39, 0.29) is 6.61 Å². The lowest BCUT2D eigenvalue weighted by molar-refractivity contribution is 0.255. The van der Waals surface area contributed by atoms with Crippen LogP contribution in [0.5, 0.6) is 0 Å². The maximum absolute atomic E-state index is 8.98. The minimum Gasteiger partial charge on any atom is -0.392 e. The van der Waals surface area contributed by atoms with Crippen LogP contribution in [0.15, 0.2) is 70.9 Å². The second kappa shape index (κ2) is 9.64. The predicted molar refractivity (Wildman–Crippen MR) is 107 cm³/mol. The van der Waals surface area contributed by atoms with Gasteiger partial charge in [0.1, 0.15) is 0 Å². The Hall–Kier alpha value is -1.60. The molecular weight excluding hydrogens is 292 g/mol. The summed E-state index contributed by atoms with van der Waals surface area (Å²) in [6.07, 6.45) is 19.8. The molecule has 1 unspecified atom stereocenters. The first-order valence-electron chi connectivity index (χ1n) is 8.91. The second-order valence-corrected chi connectivity index (χ2v) is 7.66. The summed E-state index contributed by atoms with van der Waals surface area (Å²) in [5, 5.41) is 8.98. The molecule has 0 aliphatic heterocycles. The Morgan fingerprint density at radius 1 is 1.12 bits per heavy atom. The van der Waals surface area contributed by atoms with Gasteiger partial charge in [-0.1, -0.05) is 79.2 Å². The molecule has 1 aliphatic carbocycles. The van der Waals surface area contributed by atoms with Crippen LogP contribution in [-0.4, -0.2) is 11.7 Å². The normalized spacial score (nSPS) is 23.2. The molecule has 0 bridgehead atoms. The summed E-state index contributed by atoms with van der Waals surface area (Å²) in [6, 6.07) is 0. The summed E-state index contributed by atoms with van der Waals surface area (Å²) in [4.78, 5) is 0. The lowest BCUT2D eigenvalue weighted by Crippen LogP contribution is -2.26. The van der Waals surface area contributed by atoms with Crippen LogP contribution in [0, 0.1) is 11.3 Å². The van der Waals surface area contributed by atoms with Gasteiger partial charge in [0.15, 0.2) is 0 Å². The summed E-state index contributed by atoms with van der Waals surface area (Å²) in [5.74, 6) is 0.534. The van der Waals surface area contributed by atoms with Crippen LogP contribution < -0.4 is 0 Å². The highest BCUT2D eigenvalue weighted by Crippen LogP contribution is 2.41. The van der Waals surface area contributed by atoms with Crippen LogP contribution in [-0.2, 0) is 0 Å². The van der Waals surface area contributed by atoms with Crippen molar-refractivity contribution in [3.63, 3.8) is 0 Å². The van der Waals surface area contributed by atoms with Crippen LogP contribution in [0.2, 0.25) is 0 Å². The molecule has 0 radical (unpaired) electrons. The van der Waals surface area contributed by atoms with E-state index in [2.05, 4.69) is 71.1 Å². The fourth-order valence-electron chi connectivity index (χ4n) is 3.02. The lowest BCUT2D eigenvalue weighted by atomic mass is 9.68. The van der Waals surface area contributed by atoms with Crippen molar-refractivity contribution in [1.29, 1.82) is 0 Å². The predicted octanol–water partition coefficient (Wildman–Crippen LogP) is 6.31. The Bertz CT molecular complexity index is 592. The smallest absolute Gasteiger partial charge is 0.0642 e. The third kappa shape index (κ3) is 6.88. The van der Waals surface area contributed by atoms with E-state index in [1.54, 1.807) is 0 Å². The van der Waals surface area contributed by atoms with Crippen LogP contribution in [0.1, 0.15) is 54.4 Å². The van der Waals surface area contributed by atoms with Crippen molar-refractivity contribution in [2.75, 3.05) is 6.61 Å². The van der Waals surface area contributed by atoms with Gasteiger partial charge in [0.25, 0.3) is 0 Å². The van der Waals surface area contributed by atoms with E-state index in [9.17, 15) is 0 Å². The molecule has 24 heavy (non-hydrogen) atoms. The van der Waals surface area contributed by atoms with Gasteiger partial charge < -0.3 is 5.11 Å². The molecule has 0 heterocycles. The Morgan fingerprint density at radius 3 is 2.42 bits per heavy atom. The van der Waals surface area contributed by atoms with Crippen molar-refractivity contribution in [1.82, 2.24) is 0 Å². The maximum Gasteiger partial charge on any atom is 0.0642 e. The summed E-state index contributed by atoms with van der Waals surface area (Å²) < 4.78 is 0. The number of rotatable bonds is 6. The highest BCUT2D eigenvalue weighted by atomic mass is 16.3. The molecule has 0 fully saturated rings. The van der Waals surface area contributed by atoms with E-state index in [1.165, 1.54) is 29.6 Å². The van der Waals surface area contributed by atoms with Crippen molar-refractivity contribution in [3.8, 4) is 0 Å². The average Bonchev–Trinajstić information content (AvgIpc) is 2.51. The zero-order valence-electron chi connectivity index (χ0n) is 16.3. The quantitative estimate of drug-likeness (QED) is 0.448. The van der Waals surface area contributed by atoms with Gasteiger partial charge in [0.05, 0.1) is 6.61 Å². The molecule has 0 saturated carbocycles. The Morgan fingerprint density at radius 2 is 1.79 bits per heavy atom. The van der Waals surface area contributed by atoms with Crippen LogP contribution in [0.25, 0.3) is 0 Å². The van der Waals surface area contributed by atoms with Gasteiger partial charge in [-0.05, 0) is 51.5 Å². The van der Waals surface area contributed by atoms with E-state index in [1.807, 2.05) is 19.1 Å². The molecular formula is C23H34O. The minimum atomic E-state index is 0.114. The summed E-state index contributed by atoms with van der Waals surface area (Å²) in [7, 11) is 0. The number of hydrogen-bond donors (Lipinski definition) is 1. The van der Waals surface area contributed by atoms with Gasteiger partial charge in [-0.15, -0.1) is 0 Å². The standard InChI is InChI=1S/C23H34O/c1-18(12-13-20(3)17-24)9-7-10-19(2)14-15-22-21(4)11-8-16-23(22,5)6/h7,9-15,22,24H,8,16-17H2,1-6H3/b9-7+,15-14+,18-12+,19-10+,20-13+. The molecule has 0 amide bonds. The molecule has 132 valence electrons. The van der Waals surface area contributed by atoms with Crippen molar-refractivity contribution in [2.45, 2.75) is 54.4 Å². The highest BCUT2D eigenvalue weighted by molar-refractivity contribution is 5.30. The first kappa shape index (κ1) is 20.4. The molecule has 0 spiro atoms. The van der Waals surface area contributed by atoms with Crippen LogP contribution >= 0.6 is 0 Å². The van der Waals surface area contributed by atoms with E-state index in [4.69, 9.17) is 5.11 Å². The lowest BCUT2D eigenvalue weighted by Gasteiger charge is -2.36. The number of allylic oxidation sites excluding steroid dienone is 11. The SMILES string of the molecule is CC1=CCCC(C)(C)C1/C=C/C(C)=C/C=C/C(C)=C/C=C(\C)CO. The first-order valence-corrected chi connectivity index (χ1v) is 8.91. The molecule has 0 aromatic heterocycles. The fourth-order valence-corrected chi connectivity index (χ4v) is 3.02. The van der Waals surface area contributed by atoms with E-state index in [0.29, 0.717) is 11.3 Å². The highest BCUT2D eigenvalue weighted by Gasteiger charge is 2.30. The summed E-state index contributed by atoms with van der Waals surface area (Å²) in [5.41, 5.74) is 5.24. The topological polar surface area (TPSA) is 20.2 Å². The first-order chi connectivity index (χ1) is 11.3. The van der Waals surface area contributed by atoms with E-state index in [0.717, 1.165) is 5.57 Å². The Balaban J connectivity index is 2.71. The minimum absolute atomic E-state index is 0.114. The van der Waals surface area contributed by atoms with Gasteiger partial charge >= 0.3 is 0 Å². The maximum atomic E-state index is 8.98. The van der Waals surface area contributed by atoms with Gasteiger partial charge in [-0.2, -0.15) is 0 Å². The molecule has 0 saturated heterocycles. The van der Waals surface area contributed by atoms with E-state index < -0.39 is 0 Å². The molecule has 1 aliphatic rings. The number of aliphatic hydroxyl groups is 1. The van der Waals surface area contributed by atoms with E-state index >= 15 is 0 Å². The van der Waals surface area contributed by atoms with Crippen molar-refractivity contribution < 1.29 is 5.11 Å². The third-order valence-corrected chi connectivity index (χ3v) is 4.74. The third-order valence-electron chi connectivity index (χ3n) is 4.74. The zero-order chi connectivity index (χ0) is 18.2. The molecule has 0 aromatic rings. The Labute approximate surface area is 148 Å². The van der Waals surface area contributed by atoms with Gasteiger partial charge in [-0.25, -0.2) is 0 Å². The van der Waals surface area contributed by atoms with Gasteiger partial charge in [-0.3, -0.25) is 0 Å². The molecule has 1 N–H and O–H groups in total. The van der Waals surface area contributed by atoms with Crippen LogP contribution in [0.4, 0.5) is 0 Å². The molecule has 1 atom stereocenters. The molecule has 1 nitrogen and oxygen atoms in total. The summed E-state index contributed by atoms with van der Waals surface area (Å²) >= 11 is 0. The zero-order valence-corrected chi connectivity index (χ0v) is 16.3. The molecule has 0 aromatic carbocycles. The average molecular weight is 327 g/mol. The van der Waals surface area contributed by atoms with Gasteiger partial charge in [0.2, 0.25) is 0 Å². The molecule has 1 rings (SSSR count). The largest absolute Gasteiger partial charge is 0.392 e. The summed E-state index contributed by atoms with van der Waals surface area (Å²) in [6.45, 7) is 13.2. The van der Waals surface area contributed by atoms with Crippen molar-refractivity contribution >= 4 is 0 Å².